The summed E-state index contributed by atoms with van der Waals surface area (Å²) in [6, 6.07) is 58.7. The molecule has 0 saturated heterocycles. The number of nitrogens with zero attached hydrogens (tertiary/aromatic N) is 1. The fraction of sp³-hybridized carbons (Fsp3) is 0.300. The van der Waals surface area contributed by atoms with Gasteiger partial charge in [0, 0.05) is 38.5 Å². The molecule has 8 aromatic rings. The van der Waals surface area contributed by atoms with E-state index in [1.807, 2.05) is 0 Å². The molecule has 16 rings (SSSR count). The Hall–Kier alpha value is -5.86. The van der Waals surface area contributed by atoms with Crippen LogP contribution in [0.25, 0.3) is 55.3 Å². The first kappa shape index (κ1) is 34.7. The first-order valence-corrected chi connectivity index (χ1v) is 24.0. The molecule has 6 fully saturated rings. The van der Waals surface area contributed by atoms with Crippen LogP contribution in [0.2, 0.25) is 0 Å². The van der Waals surface area contributed by atoms with E-state index in [4.69, 9.17) is 4.42 Å². The first-order chi connectivity index (χ1) is 30.7. The van der Waals surface area contributed by atoms with Crippen molar-refractivity contribution in [1.82, 2.24) is 0 Å². The number of furan rings is 1. The Labute approximate surface area is 364 Å². The molecule has 0 N–H and O–H groups in total. The third kappa shape index (κ3) is 4.37. The Kier molecular flexibility index (Phi) is 6.94. The summed E-state index contributed by atoms with van der Waals surface area (Å²) in [6.45, 7) is 0. The fourth-order valence-electron chi connectivity index (χ4n) is 16.2. The van der Waals surface area contributed by atoms with Gasteiger partial charge in [-0.05, 0) is 173 Å². The fourth-order valence-corrected chi connectivity index (χ4v) is 16.2. The summed E-state index contributed by atoms with van der Waals surface area (Å²) < 4.78 is 6.58. The van der Waals surface area contributed by atoms with Crippen molar-refractivity contribution in [3.8, 4) is 33.4 Å². The molecule has 6 bridgehead atoms. The van der Waals surface area contributed by atoms with E-state index in [1.54, 1.807) is 22.3 Å². The summed E-state index contributed by atoms with van der Waals surface area (Å²) in [5.41, 5.74) is 20.6. The Morgan fingerprint density at radius 1 is 0.452 bits per heavy atom. The number of fused-ring (bicyclic) bond motifs is 15. The van der Waals surface area contributed by atoms with Gasteiger partial charge in [0.2, 0.25) is 0 Å². The summed E-state index contributed by atoms with van der Waals surface area (Å²) in [4.78, 5) is 2.71. The van der Waals surface area contributed by atoms with Crippen LogP contribution >= 0.6 is 0 Å². The van der Waals surface area contributed by atoms with Gasteiger partial charge in [-0.1, -0.05) is 128 Å². The zero-order chi connectivity index (χ0) is 40.3. The van der Waals surface area contributed by atoms with Crippen molar-refractivity contribution < 1.29 is 4.42 Å². The molecular weight excluding hydrogens is 751 g/mol. The molecule has 0 amide bonds. The highest BCUT2D eigenvalue weighted by Crippen LogP contribution is 2.70. The number of benzene rings is 7. The number of hydrogen-bond donors (Lipinski definition) is 0. The number of anilines is 3. The number of rotatable bonds is 4. The summed E-state index contributed by atoms with van der Waals surface area (Å²) in [7, 11) is 0. The third-order valence-corrected chi connectivity index (χ3v) is 18.2. The van der Waals surface area contributed by atoms with Crippen molar-refractivity contribution in [2.24, 2.45) is 35.5 Å². The summed E-state index contributed by atoms with van der Waals surface area (Å²) in [6.07, 6.45) is 13.7. The molecule has 2 heteroatoms. The van der Waals surface area contributed by atoms with Crippen LogP contribution in [0, 0.1) is 35.5 Å². The van der Waals surface area contributed by atoms with E-state index in [1.165, 1.54) is 120 Å². The second-order valence-electron chi connectivity index (χ2n) is 20.8. The SMILES string of the molecule is c1ccc2c(c1)-c1ccc(N(c3ccc(-c4cccc5c4oc4ccccc45)cc3)c3cccc4c3C3(c5ccccc5-4)C4CCC5CC(C4)CC3C5)cc1C21CC2CCC1C2. The van der Waals surface area contributed by atoms with Gasteiger partial charge in [-0.2, -0.15) is 0 Å². The van der Waals surface area contributed by atoms with Gasteiger partial charge in [0.1, 0.15) is 11.2 Å². The molecule has 8 unspecified atom stereocenters. The van der Waals surface area contributed by atoms with Gasteiger partial charge >= 0.3 is 0 Å². The molecular formula is C60H51NO. The Bertz CT molecular complexity index is 3160. The number of para-hydroxylation sites is 2. The minimum atomic E-state index is 0.0299. The topological polar surface area (TPSA) is 16.4 Å². The minimum absolute atomic E-state index is 0.0299. The summed E-state index contributed by atoms with van der Waals surface area (Å²) in [5.74, 6) is 4.66. The van der Waals surface area contributed by atoms with Crippen LogP contribution in [0.3, 0.4) is 0 Å². The quantitative estimate of drug-likeness (QED) is 0.176. The van der Waals surface area contributed by atoms with E-state index in [-0.39, 0.29) is 10.8 Å². The van der Waals surface area contributed by atoms with Crippen LogP contribution in [0.4, 0.5) is 17.1 Å². The predicted molar refractivity (Wildman–Crippen MR) is 253 cm³/mol. The second kappa shape index (κ2) is 12.4. The second-order valence-corrected chi connectivity index (χ2v) is 20.8. The number of hydrogen-bond acceptors (Lipinski definition) is 2. The molecule has 2 nitrogen and oxygen atoms in total. The Balaban J connectivity index is 0.964. The highest BCUT2D eigenvalue weighted by molar-refractivity contribution is 6.09. The van der Waals surface area contributed by atoms with E-state index < -0.39 is 0 Å². The molecule has 2 spiro atoms. The molecule has 0 aliphatic heterocycles. The van der Waals surface area contributed by atoms with Gasteiger partial charge in [-0.25, -0.2) is 0 Å². The van der Waals surface area contributed by atoms with Crippen LogP contribution in [-0.4, -0.2) is 0 Å². The van der Waals surface area contributed by atoms with Crippen molar-refractivity contribution in [3.63, 3.8) is 0 Å². The van der Waals surface area contributed by atoms with Gasteiger partial charge < -0.3 is 9.32 Å². The van der Waals surface area contributed by atoms with Crippen LogP contribution < -0.4 is 4.90 Å². The molecule has 6 saturated carbocycles. The average Bonchev–Trinajstić information content (AvgIpc) is 4.12. The third-order valence-electron chi connectivity index (χ3n) is 18.2. The van der Waals surface area contributed by atoms with Crippen LogP contribution in [0.1, 0.15) is 86.5 Å². The normalized spacial score (nSPS) is 29.1. The molecule has 7 aromatic carbocycles. The molecule has 302 valence electrons. The zero-order valence-corrected chi connectivity index (χ0v) is 35.3. The van der Waals surface area contributed by atoms with E-state index >= 15 is 0 Å². The molecule has 0 radical (unpaired) electrons. The van der Waals surface area contributed by atoms with Gasteiger partial charge in [-0.15, -0.1) is 0 Å². The van der Waals surface area contributed by atoms with Crippen molar-refractivity contribution in [2.75, 3.05) is 4.90 Å². The predicted octanol–water partition coefficient (Wildman–Crippen LogP) is 15.9. The lowest BCUT2D eigenvalue weighted by molar-refractivity contribution is 0.0621. The van der Waals surface area contributed by atoms with E-state index in [2.05, 4.69) is 157 Å². The lowest BCUT2D eigenvalue weighted by atomic mass is 9.50. The maximum atomic E-state index is 6.58. The summed E-state index contributed by atoms with van der Waals surface area (Å²) >= 11 is 0. The van der Waals surface area contributed by atoms with Crippen molar-refractivity contribution in [1.29, 1.82) is 0 Å². The Morgan fingerprint density at radius 3 is 1.98 bits per heavy atom. The standard InChI is InChI=1S/C60H51NO/c1-4-15-52-46(9-1)48-28-27-44(34-54(48)59(52)35-37-20-23-40(59)31-37)61(43-25-21-39(22-26-43)45-12-7-14-51-49-11-3-6-18-56(49)62-58(45)51)55-17-8-13-50-47-10-2-5-16-53(47)60(57(50)55)41-24-19-36-29-38(32-41)33-42(60)30-36/h1-18,21-22,25-28,34,36-38,40-42H,19-20,23-24,29-33,35H2. The molecule has 8 atom stereocenters. The van der Waals surface area contributed by atoms with Gasteiger partial charge in [-0.3, -0.25) is 0 Å². The maximum absolute atomic E-state index is 6.58. The summed E-state index contributed by atoms with van der Waals surface area (Å²) in [5, 5.41) is 2.35. The monoisotopic (exact) mass is 801 g/mol. The molecule has 1 heterocycles. The van der Waals surface area contributed by atoms with Crippen molar-refractivity contribution in [3.05, 3.63) is 174 Å². The largest absolute Gasteiger partial charge is 0.455 e. The van der Waals surface area contributed by atoms with Crippen molar-refractivity contribution in [2.45, 2.75) is 75.0 Å². The van der Waals surface area contributed by atoms with Gasteiger partial charge in [0.15, 0.2) is 0 Å². The molecule has 62 heavy (non-hydrogen) atoms. The highest BCUT2D eigenvalue weighted by Gasteiger charge is 2.61. The lowest BCUT2D eigenvalue weighted by Gasteiger charge is -2.53. The molecule has 1 aromatic heterocycles. The van der Waals surface area contributed by atoms with Crippen LogP contribution in [0.5, 0.6) is 0 Å². The lowest BCUT2D eigenvalue weighted by Crippen LogP contribution is -2.48. The van der Waals surface area contributed by atoms with Gasteiger partial charge in [0.25, 0.3) is 0 Å². The van der Waals surface area contributed by atoms with Gasteiger partial charge in [0.05, 0.1) is 5.69 Å². The minimum Gasteiger partial charge on any atom is -0.455 e. The molecule has 8 aliphatic rings. The molecule has 8 aliphatic carbocycles. The van der Waals surface area contributed by atoms with Crippen molar-refractivity contribution >= 4 is 39.0 Å². The van der Waals surface area contributed by atoms with Crippen LogP contribution in [0.15, 0.2) is 156 Å². The Morgan fingerprint density at radius 2 is 1.11 bits per heavy atom. The first-order valence-electron chi connectivity index (χ1n) is 24.0. The van der Waals surface area contributed by atoms with E-state index in [9.17, 15) is 0 Å². The van der Waals surface area contributed by atoms with Crippen LogP contribution in [-0.2, 0) is 10.8 Å². The average molecular weight is 802 g/mol. The smallest absolute Gasteiger partial charge is 0.143 e. The maximum Gasteiger partial charge on any atom is 0.143 e. The van der Waals surface area contributed by atoms with E-state index in [0.29, 0.717) is 11.8 Å². The van der Waals surface area contributed by atoms with E-state index in [0.717, 1.165) is 40.4 Å². The zero-order valence-electron chi connectivity index (χ0n) is 35.3. The highest BCUT2D eigenvalue weighted by atomic mass is 16.3.